The largest absolute Gasteiger partial charge is 0.455 e. The van der Waals surface area contributed by atoms with Gasteiger partial charge >= 0.3 is 5.97 Å². The number of carbonyl (C=O) groups is 2. The highest BCUT2D eigenvalue weighted by Crippen LogP contribution is 2.20. The van der Waals surface area contributed by atoms with Gasteiger partial charge in [-0.15, -0.1) is 0 Å². The van der Waals surface area contributed by atoms with Crippen molar-refractivity contribution in [2.75, 3.05) is 11.9 Å². The highest BCUT2D eigenvalue weighted by molar-refractivity contribution is 5.92. The molecule has 0 radical (unpaired) electrons. The van der Waals surface area contributed by atoms with Crippen molar-refractivity contribution < 1.29 is 18.8 Å². The summed E-state index contributed by atoms with van der Waals surface area (Å²) in [5.74, 6) is -0.962. The highest BCUT2D eigenvalue weighted by Gasteiger charge is 2.21. The Labute approximate surface area is 122 Å². The Morgan fingerprint density at radius 2 is 2.05 bits per heavy atom. The molecule has 0 saturated heterocycles. The van der Waals surface area contributed by atoms with Gasteiger partial charge in [-0.05, 0) is 12.0 Å². The van der Waals surface area contributed by atoms with Gasteiger partial charge in [-0.3, -0.25) is 9.59 Å². The number of amides is 1. The minimum atomic E-state index is -0.458. The summed E-state index contributed by atoms with van der Waals surface area (Å²) in [6.45, 7) is 1.55. The molecular formula is C15H16N2O4. The normalized spacial score (nSPS) is 11.7. The lowest BCUT2D eigenvalue weighted by molar-refractivity contribution is -0.149. The maximum absolute atomic E-state index is 12.0. The second-order valence-corrected chi connectivity index (χ2v) is 4.41. The number of esters is 1. The average Bonchev–Trinajstić information content (AvgIpc) is 3.00. The van der Waals surface area contributed by atoms with Crippen LogP contribution in [0.1, 0.15) is 24.8 Å². The van der Waals surface area contributed by atoms with Crippen LogP contribution in [0.25, 0.3) is 0 Å². The predicted octanol–water partition coefficient (Wildman–Crippen LogP) is 2.35. The first-order chi connectivity index (χ1) is 10.2. The minimum Gasteiger partial charge on any atom is -0.455 e. The molecule has 1 heterocycles. The molecule has 6 heteroatoms. The molecule has 0 aliphatic heterocycles. The number of anilines is 1. The molecule has 6 nitrogen and oxygen atoms in total. The van der Waals surface area contributed by atoms with Gasteiger partial charge in [-0.1, -0.05) is 42.4 Å². The molecule has 0 spiro atoms. The number of nitrogens with one attached hydrogen (secondary N) is 1. The number of benzene rings is 1. The number of ether oxygens (including phenoxy) is 1. The zero-order valence-corrected chi connectivity index (χ0v) is 11.6. The van der Waals surface area contributed by atoms with E-state index in [1.807, 2.05) is 37.3 Å². The Bertz CT molecular complexity index is 581. The van der Waals surface area contributed by atoms with E-state index < -0.39 is 11.9 Å². The highest BCUT2D eigenvalue weighted by atomic mass is 16.5. The van der Waals surface area contributed by atoms with Crippen LogP contribution in [0.5, 0.6) is 0 Å². The number of rotatable bonds is 6. The van der Waals surface area contributed by atoms with E-state index in [1.54, 1.807) is 0 Å². The molecule has 1 unspecified atom stereocenters. The Balaban J connectivity index is 1.87. The number of nitrogens with zero attached hydrogens (tertiary/aromatic N) is 1. The van der Waals surface area contributed by atoms with E-state index in [0.717, 1.165) is 5.56 Å². The van der Waals surface area contributed by atoms with E-state index in [2.05, 4.69) is 15.0 Å². The predicted molar refractivity (Wildman–Crippen MR) is 75.6 cm³/mol. The van der Waals surface area contributed by atoms with Crippen LogP contribution in [0.15, 0.2) is 47.2 Å². The Morgan fingerprint density at radius 3 is 2.67 bits per heavy atom. The van der Waals surface area contributed by atoms with Crippen molar-refractivity contribution >= 4 is 17.7 Å². The van der Waals surface area contributed by atoms with Crippen LogP contribution >= 0.6 is 0 Å². The van der Waals surface area contributed by atoms with Crippen LogP contribution in [0.4, 0.5) is 5.82 Å². The molecular weight excluding hydrogens is 272 g/mol. The topological polar surface area (TPSA) is 81.4 Å². The summed E-state index contributed by atoms with van der Waals surface area (Å²) in [4.78, 5) is 23.6. The van der Waals surface area contributed by atoms with E-state index in [9.17, 15) is 9.59 Å². The van der Waals surface area contributed by atoms with E-state index >= 15 is 0 Å². The van der Waals surface area contributed by atoms with Crippen molar-refractivity contribution in [2.45, 2.75) is 19.3 Å². The minimum absolute atomic E-state index is 0.283. The lowest BCUT2D eigenvalue weighted by atomic mass is 9.97. The van der Waals surface area contributed by atoms with E-state index in [4.69, 9.17) is 4.74 Å². The average molecular weight is 288 g/mol. The van der Waals surface area contributed by atoms with Crippen LogP contribution in [-0.2, 0) is 14.3 Å². The maximum Gasteiger partial charge on any atom is 0.313 e. The third-order valence-electron chi connectivity index (χ3n) is 2.95. The summed E-state index contributed by atoms with van der Waals surface area (Å²) in [6, 6.07) is 10.8. The zero-order chi connectivity index (χ0) is 15.1. The van der Waals surface area contributed by atoms with Gasteiger partial charge in [0.05, 0.1) is 5.92 Å². The first-order valence-corrected chi connectivity index (χ1v) is 6.62. The number of aromatic nitrogens is 1. The van der Waals surface area contributed by atoms with Crippen molar-refractivity contribution in [3.8, 4) is 0 Å². The molecule has 0 bridgehead atoms. The Kier molecular flexibility index (Phi) is 5.09. The Hall–Kier alpha value is -2.63. The summed E-state index contributed by atoms with van der Waals surface area (Å²) >= 11 is 0. The van der Waals surface area contributed by atoms with Gasteiger partial charge in [-0.2, -0.15) is 0 Å². The second-order valence-electron chi connectivity index (χ2n) is 4.41. The SMILES string of the molecule is CCC(C(=O)OCC(=O)Nc1ccon1)c1ccccc1. The summed E-state index contributed by atoms with van der Waals surface area (Å²) in [5, 5.41) is 5.99. The van der Waals surface area contributed by atoms with E-state index in [1.165, 1.54) is 12.3 Å². The lowest BCUT2D eigenvalue weighted by Crippen LogP contribution is -2.24. The summed E-state index contributed by atoms with van der Waals surface area (Å²) in [6.07, 6.45) is 1.94. The van der Waals surface area contributed by atoms with Crippen molar-refractivity contribution in [2.24, 2.45) is 0 Å². The summed E-state index contributed by atoms with van der Waals surface area (Å²) < 4.78 is 9.63. The fraction of sp³-hybridized carbons (Fsp3) is 0.267. The Morgan fingerprint density at radius 1 is 1.29 bits per heavy atom. The fourth-order valence-corrected chi connectivity index (χ4v) is 1.92. The zero-order valence-electron chi connectivity index (χ0n) is 11.6. The van der Waals surface area contributed by atoms with Crippen LogP contribution in [0.3, 0.4) is 0 Å². The van der Waals surface area contributed by atoms with Crippen LogP contribution in [0, 0.1) is 0 Å². The van der Waals surface area contributed by atoms with Crippen LogP contribution in [-0.4, -0.2) is 23.6 Å². The molecule has 0 aliphatic carbocycles. The third-order valence-corrected chi connectivity index (χ3v) is 2.95. The first-order valence-electron chi connectivity index (χ1n) is 6.62. The van der Waals surface area contributed by atoms with Gasteiger partial charge < -0.3 is 14.6 Å². The summed E-state index contributed by atoms with van der Waals surface area (Å²) in [5.41, 5.74) is 0.877. The molecule has 110 valence electrons. The molecule has 1 N–H and O–H groups in total. The number of hydrogen-bond donors (Lipinski definition) is 1. The van der Waals surface area contributed by atoms with Gasteiger partial charge in [0.2, 0.25) is 0 Å². The third kappa shape index (κ3) is 4.17. The quantitative estimate of drug-likeness (QED) is 0.825. The van der Waals surface area contributed by atoms with Crippen molar-refractivity contribution in [3.63, 3.8) is 0 Å². The molecule has 1 aromatic carbocycles. The molecule has 2 rings (SSSR count). The second kappa shape index (κ2) is 7.23. The molecule has 1 amide bonds. The molecule has 0 saturated carbocycles. The van der Waals surface area contributed by atoms with Crippen LogP contribution < -0.4 is 5.32 Å². The molecule has 0 aliphatic rings. The smallest absolute Gasteiger partial charge is 0.313 e. The van der Waals surface area contributed by atoms with Crippen molar-refractivity contribution in [3.05, 3.63) is 48.2 Å². The molecule has 1 aromatic heterocycles. The lowest BCUT2D eigenvalue weighted by Gasteiger charge is -2.14. The molecule has 21 heavy (non-hydrogen) atoms. The molecule has 0 fully saturated rings. The first kappa shape index (κ1) is 14.8. The number of carbonyl (C=O) groups excluding carboxylic acids is 2. The van der Waals surface area contributed by atoms with Crippen molar-refractivity contribution in [1.82, 2.24) is 5.16 Å². The van der Waals surface area contributed by atoms with Gasteiger partial charge in [0, 0.05) is 6.07 Å². The summed E-state index contributed by atoms with van der Waals surface area (Å²) in [7, 11) is 0. The maximum atomic E-state index is 12.0. The van der Waals surface area contributed by atoms with Gasteiger partial charge in [0.15, 0.2) is 12.4 Å². The monoisotopic (exact) mass is 288 g/mol. The number of hydrogen-bond acceptors (Lipinski definition) is 5. The van der Waals surface area contributed by atoms with Gasteiger partial charge in [0.1, 0.15) is 6.26 Å². The van der Waals surface area contributed by atoms with Gasteiger partial charge in [-0.25, -0.2) is 0 Å². The fourth-order valence-electron chi connectivity index (χ4n) is 1.92. The molecule has 1 atom stereocenters. The van der Waals surface area contributed by atoms with E-state index in [-0.39, 0.29) is 18.3 Å². The van der Waals surface area contributed by atoms with Gasteiger partial charge in [0.25, 0.3) is 5.91 Å². The van der Waals surface area contributed by atoms with Crippen molar-refractivity contribution in [1.29, 1.82) is 0 Å². The molecule has 2 aromatic rings. The standard InChI is InChI=1S/C15H16N2O4/c1-2-12(11-6-4-3-5-7-11)15(19)20-10-14(18)16-13-8-9-21-17-13/h3-9,12H,2,10H2,1H3,(H,16,17,18). The van der Waals surface area contributed by atoms with Crippen LogP contribution in [0.2, 0.25) is 0 Å². The van der Waals surface area contributed by atoms with E-state index in [0.29, 0.717) is 6.42 Å².